The van der Waals surface area contributed by atoms with E-state index < -0.39 is 6.10 Å². The molecule has 0 bridgehead atoms. The van der Waals surface area contributed by atoms with Crippen LogP contribution in [0.4, 0.5) is 0 Å². The minimum absolute atomic E-state index is 0.0420. The molecule has 5 heteroatoms. The van der Waals surface area contributed by atoms with E-state index in [2.05, 4.69) is 0 Å². The van der Waals surface area contributed by atoms with Gasteiger partial charge in [-0.15, -0.1) is 0 Å². The van der Waals surface area contributed by atoms with E-state index in [0.717, 1.165) is 12.8 Å². The van der Waals surface area contributed by atoms with Gasteiger partial charge in [-0.05, 0) is 51.4 Å². The van der Waals surface area contributed by atoms with Crippen LogP contribution in [-0.4, -0.2) is 49.2 Å². The highest BCUT2D eigenvalue weighted by atomic mass is 16.5. The average molecular weight is 283 g/mol. The van der Waals surface area contributed by atoms with Crippen molar-refractivity contribution in [2.75, 3.05) is 26.3 Å². The summed E-state index contributed by atoms with van der Waals surface area (Å²) < 4.78 is 10.5. The molecule has 0 aromatic rings. The maximum absolute atomic E-state index is 12.4. The van der Waals surface area contributed by atoms with Crippen LogP contribution >= 0.6 is 0 Å². The minimum atomic E-state index is -0.469. The second-order valence-electron chi connectivity index (χ2n) is 5.89. The third-order valence-corrected chi connectivity index (χ3v) is 3.74. The quantitative estimate of drug-likeness (QED) is 0.603. The normalized spacial score (nSPS) is 19.5. The first-order chi connectivity index (χ1) is 9.60. The molecule has 2 aliphatic carbocycles. The molecule has 0 saturated heterocycles. The van der Waals surface area contributed by atoms with Crippen LogP contribution in [0.1, 0.15) is 39.5 Å². The average Bonchev–Trinajstić information content (AvgIpc) is 3.28. The van der Waals surface area contributed by atoms with Gasteiger partial charge < -0.3 is 14.4 Å². The van der Waals surface area contributed by atoms with E-state index in [1.165, 1.54) is 12.8 Å². The van der Waals surface area contributed by atoms with Gasteiger partial charge in [-0.1, -0.05) is 0 Å². The summed E-state index contributed by atoms with van der Waals surface area (Å²) in [5.41, 5.74) is 0. The van der Waals surface area contributed by atoms with Crippen molar-refractivity contribution >= 4 is 11.9 Å². The van der Waals surface area contributed by atoms with Crippen LogP contribution in [0, 0.1) is 11.8 Å². The third kappa shape index (κ3) is 5.12. The van der Waals surface area contributed by atoms with Crippen LogP contribution in [0.2, 0.25) is 0 Å². The first-order valence-electron chi connectivity index (χ1n) is 7.66. The van der Waals surface area contributed by atoms with Crippen molar-refractivity contribution in [2.45, 2.75) is 45.6 Å². The van der Waals surface area contributed by atoms with E-state index >= 15 is 0 Å². The lowest BCUT2D eigenvalue weighted by Crippen LogP contribution is -2.43. The number of ether oxygens (including phenoxy) is 2. The van der Waals surface area contributed by atoms with E-state index in [1.54, 1.807) is 18.7 Å². The number of amides is 1. The molecule has 0 aromatic carbocycles. The summed E-state index contributed by atoms with van der Waals surface area (Å²) in [6, 6.07) is 0. The molecule has 0 N–H and O–H groups in total. The Hall–Kier alpha value is -1.10. The molecule has 0 heterocycles. The fourth-order valence-electron chi connectivity index (χ4n) is 2.10. The van der Waals surface area contributed by atoms with E-state index in [9.17, 15) is 9.59 Å². The number of nitrogens with zero attached hydrogens (tertiary/aromatic N) is 1. The largest absolute Gasteiger partial charge is 0.465 e. The van der Waals surface area contributed by atoms with E-state index in [4.69, 9.17) is 9.47 Å². The highest BCUT2D eigenvalue weighted by molar-refractivity contribution is 5.84. The standard InChI is InChI=1S/C15H25NO4/c1-3-19-14(17)9-16(8-12-4-5-12)15(18)11(2)20-10-13-6-7-13/h11-13H,3-10H2,1-2H3. The summed E-state index contributed by atoms with van der Waals surface area (Å²) in [5.74, 6) is 0.748. The van der Waals surface area contributed by atoms with E-state index in [-0.39, 0.29) is 18.4 Å². The Labute approximate surface area is 120 Å². The zero-order valence-electron chi connectivity index (χ0n) is 12.5. The molecule has 114 valence electrons. The molecule has 0 aliphatic heterocycles. The number of hydrogen-bond acceptors (Lipinski definition) is 4. The fourth-order valence-corrected chi connectivity index (χ4v) is 2.10. The molecule has 1 amide bonds. The van der Waals surface area contributed by atoms with Gasteiger partial charge in [0.1, 0.15) is 12.6 Å². The van der Waals surface area contributed by atoms with Crippen LogP contribution in [0.25, 0.3) is 0 Å². The van der Waals surface area contributed by atoms with Crippen molar-refractivity contribution in [1.82, 2.24) is 4.90 Å². The van der Waals surface area contributed by atoms with Crippen LogP contribution in [0.15, 0.2) is 0 Å². The second kappa shape index (κ2) is 7.07. The number of rotatable bonds is 9. The maximum atomic E-state index is 12.4. The molecule has 1 atom stereocenters. The van der Waals surface area contributed by atoms with Crippen molar-refractivity contribution in [1.29, 1.82) is 0 Å². The number of carbonyl (C=O) groups is 2. The minimum Gasteiger partial charge on any atom is -0.465 e. The lowest BCUT2D eigenvalue weighted by atomic mass is 10.3. The molecule has 20 heavy (non-hydrogen) atoms. The first-order valence-corrected chi connectivity index (χ1v) is 7.66. The van der Waals surface area contributed by atoms with E-state index in [0.29, 0.717) is 31.6 Å². The van der Waals surface area contributed by atoms with Gasteiger partial charge in [0.2, 0.25) is 0 Å². The van der Waals surface area contributed by atoms with Crippen LogP contribution < -0.4 is 0 Å². The smallest absolute Gasteiger partial charge is 0.325 e. The molecule has 5 nitrogen and oxygen atoms in total. The molecule has 0 radical (unpaired) electrons. The van der Waals surface area contributed by atoms with Gasteiger partial charge in [0.05, 0.1) is 13.2 Å². The summed E-state index contributed by atoms with van der Waals surface area (Å²) >= 11 is 0. The zero-order valence-corrected chi connectivity index (χ0v) is 12.5. The van der Waals surface area contributed by atoms with Crippen molar-refractivity contribution in [3.8, 4) is 0 Å². The maximum Gasteiger partial charge on any atom is 0.325 e. The first kappa shape index (κ1) is 15.3. The molecule has 0 aromatic heterocycles. The van der Waals surface area contributed by atoms with Gasteiger partial charge in [0, 0.05) is 6.54 Å². The molecule has 1 unspecified atom stereocenters. The van der Waals surface area contributed by atoms with Gasteiger partial charge in [-0.25, -0.2) is 0 Å². The molecular formula is C15H25NO4. The Morgan fingerprint density at radius 3 is 2.40 bits per heavy atom. The predicted molar refractivity (Wildman–Crippen MR) is 74.1 cm³/mol. The summed E-state index contributed by atoms with van der Waals surface area (Å²) in [4.78, 5) is 25.6. The highest BCUT2D eigenvalue weighted by Crippen LogP contribution is 2.31. The van der Waals surface area contributed by atoms with Gasteiger partial charge in [0.15, 0.2) is 0 Å². The highest BCUT2D eigenvalue weighted by Gasteiger charge is 2.31. The molecule has 2 fully saturated rings. The van der Waals surface area contributed by atoms with Crippen molar-refractivity contribution in [2.24, 2.45) is 11.8 Å². The molecular weight excluding hydrogens is 258 g/mol. The SMILES string of the molecule is CCOC(=O)CN(CC1CC1)C(=O)C(C)OCC1CC1. The van der Waals surface area contributed by atoms with Gasteiger partial charge in [0.25, 0.3) is 5.91 Å². The Morgan fingerprint density at radius 1 is 1.20 bits per heavy atom. The molecule has 2 saturated carbocycles. The molecule has 2 aliphatic rings. The summed E-state index contributed by atoms with van der Waals surface area (Å²) in [5, 5.41) is 0. The summed E-state index contributed by atoms with van der Waals surface area (Å²) in [7, 11) is 0. The van der Waals surface area contributed by atoms with Crippen LogP contribution in [0.5, 0.6) is 0 Å². The lowest BCUT2D eigenvalue weighted by molar-refractivity contribution is -0.153. The van der Waals surface area contributed by atoms with Gasteiger partial charge >= 0.3 is 5.97 Å². The van der Waals surface area contributed by atoms with Crippen LogP contribution in [-0.2, 0) is 19.1 Å². The van der Waals surface area contributed by atoms with Crippen molar-refractivity contribution in [3.63, 3.8) is 0 Å². The van der Waals surface area contributed by atoms with Gasteiger partial charge in [-0.2, -0.15) is 0 Å². The second-order valence-corrected chi connectivity index (χ2v) is 5.89. The number of hydrogen-bond donors (Lipinski definition) is 0. The van der Waals surface area contributed by atoms with Crippen LogP contribution in [0.3, 0.4) is 0 Å². The van der Waals surface area contributed by atoms with Gasteiger partial charge in [-0.3, -0.25) is 9.59 Å². The van der Waals surface area contributed by atoms with Crippen molar-refractivity contribution in [3.05, 3.63) is 0 Å². The zero-order chi connectivity index (χ0) is 14.5. The number of esters is 1. The topological polar surface area (TPSA) is 55.8 Å². The Balaban J connectivity index is 1.82. The lowest BCUT2D eigenvalue weighted by Gasteiger charge is -2.25. The predicted octanol–water partition coefficient (Wildman–Crippen LogP) is 1.60. The van der Waals surface area contributed by atoms with Crippen molar-refractivity contribution < 1.29 is 19.1 Å². The number of carbonyl (C=O) groups excluding carboxylic acids is 2. The Kier molecular flexibility index (Phi) is 5.40. The Bertz CT molecular complexity index is 350. The molecule has 0 spiro atoms. The summed E-state index contributed by atoms with van der Waals surface area (Å²) in [6.07, 6.45) is 4.22. The summed E-state index contributed by atoms with van der Waals surface area (Å²) in [6.45, 7) is 5.23. The van der Waals surface area contributed by atoms with E-state index in [1.807, 2.05) is 0 Å². The third-order valence-electron chi connectivity index (χ3n) is 3.74. The monoisotopic (exact) mass is 283 g/mol. The Morgan fingerprint density at radius 2 is 1.85 bits per heavy atom. The molecule has 2 rings (SSSR count). The fraction of sp³-hybridized carbons (Fsp3) is 0.867.